The van der Waals surface area contributed by atoms with Gasteiger partial charge in [0.1, 0.15) is 11.5 Å². The van der Waals surface area contributed by atoms with Crippen molar-refractivity contribution in [2.24, 2.45) is 11.8 Å². The minimum atomic E-state index is -0.225. The van der Waals surface area contributed by atoms with Gasteiger partial charge in [0.15, 0.2) is 0 Å². The third-order valence-corrected chi connectivity index (χ3v) is 7.54. The van der Waals surface area contributed by atoms with E-state index in [1.54, 1.807) is 24.3 Å². The average Bonchev–Trinajstić information content (AvgIpc) is 3.24. The fraction of sp³-hybridized carbons (Fsp3) is 0.367. The second-order valence-electron chi connectivity index (χ2n) is 9.76. The molecule has 0 radical (unpaired) electrons. The van der Waals surface area contributed by atoms with Crippen LogP contribution in [0.25, 0.3) is 0 Å². The molecule has 0 amide bonds. The number of aryl methyl sites for hydroxylation is 1. The van der Waals surface area contributed by atoms with E-state index >= 15 is 0 Å². The number of phenols is 2. The van der Waals surface area contributed by atoms with Crippen LogP contribution < -0.4 is 0 Å². The highest BCUT2D eigenvalue weighted by Gasteiger charge is 2.47. The molecule has 5 nitrogen and oxygen atoms in total. The highest BCUT2D eigenvalue weighted by molar-refractivity contribution is 5.70. The fourth-order valence-electron chi connectivity index (χ4n) is 5.69. The third-order valence-electron chi connectivity index (χ3n) is 7.54. The van der Waals surface area contributed by atoms with E-state index < -0.39 is 0 Å². The number of aromatic hydroxyl groups is 2. The van der Waals surface area contributed by atoms with Crippen LogP contribution in [0.4, 0.5) is 0 Å². The molecular weight excluding hydrogens is 440 g/mol. The van der Waals surface area contributed by atoms with Crippen molar-refractivity contribution in [3.63, 3.8) is 0 Å². The number of carbonyl (C=O) groups excluding carboxylic acids is 1. The van der Waals surface area contributed by atoms with E-state index in [2.05, 4.69) is 31.2 Å². The van der Waals surface area contributed by atoms with Gasteiger partial charge in [0, 0.05) is 12.3 Å². The summed E-state index contributed by atoms with van der Waals surface area (Å²) in [4.78, 5) is 12.1. The standard InChI is InChI=1S/C30H32O5/c1-2-19-3-5-22(6-4-19)29-26(17-20-15-16-34-27(33)18-20)28(21-7-11-24(31)12-8-21)30(35-29)23-9-13-25(32)14-10-23/h3-14,20,26,28-32H,2,15-18H2,1H3. The molecule has 0 aromatic heterocycles. The van der Waals surface area contributed by atoms with Crippen molar-refractivity contribution in [2.45, 2.75) is 50.7 Å². The van der Waals surface area contributed by atoms with Crippen LogP contribution in [0, 0.1) is 11.8 Å². The summed E-state index contributed by atoms with van der Waals surface area (Å²) in [7, 11) is 0. The molecule has 2 fully saturated rings. The Morgan fingerprint density at radius 2 is 1.37 bits per heavy atom. The van der Waals surface area contributed by atoms with Gasteiger partial charge in [0.05, 0.1) is 18.8 Å². The van der Waals surface area contributed by atoms with Gasteiger partial charge in [-0.05, 0) is 77.6 Å². The Morgan fingerprint density at radius 1 is 0.800 bits per heavy atom. The van der Waals surface area contributed by atoms with Crippen molar-refractivity contribution in [3.05, 3.63) is 95.1 Å². The number of rotatable bonds is 6. The zero-order valence-electron chi connectivity index (χ0n) is 20.0. The molecule has 5 rings (SSSR count). The van der Waals surface area contributed by atoms with Crippen molar-refractivity contribution in [3.8, 4) is 11.5 Å². The predicted molar refractivity (Wildman–Crippen MR) is 133 cm³/mol. The van der Waals surface area contributed by atoms with E-state index in [9.17, 15) is 15.0 Å². The molecule has 35 heavy (non-hydrogen) atoms. The number of phenolic OH excluding ortho intramolecular Hbond substituents is 2. The van der Waals surface area contributed by atoms with E-state index in [1.807, 2.05) is 24.3 Å². The second kappa shape index (κ2) is 10.1. The van der Waals surface area contributed by atoms with Gasteiger partial charge in [0.25, 0.3) is 0 Å². The van der Waals surface area contributed by atoms with Crippen LogP contribution in [0.3, 0.4) is 0 Å². The number of benzene rings is 3. The average molecular weight is 473 g/mol. The quantitative estimate of drug-likeness (QED) is 0.417. The number of cyclic esters (lactones) is 1. The number of hydrogen-bond donors (Lipinski definition) is 2. The largest absolute Gasteiger partial charge is 0.508 e. The molecule has 2 heterocycles. The highest BCUT2D eigenvalue weighted by Crippen LogP contribution is 2.57. The first-order chi connectivity index (χ1) is 17.0. The van der Waals surface area contributed by atoms with Gasteiger partial charge in [0.2, 0.25) is 0 Å². The molecule has 2 aliphatic heterocycles. The number of esters is 1. The maximum Gasteiger partial charge on any atom is 0.306 e. The zero-order chi connectivity index (χ0) is 24.4. The summed E-state index contributed by atoms with van der Waals surface area (Å²) in [5, 5.41) is 19.8. The molecule has 0 aliphatic carbocycles. The van der Waals surface area contributed by atoms with Crippen LogP contribution in [0.1, 0.15) is 66.6 Å². The molecule has 182 valence electrons. The van der Waals surface area contributed by atoms with Gasteiger partial charge in [-0.1, -0.05) is 55.5 Å². The highest BCUT2D eigenvalue weighted by atomic mass is 16.5. The Morgan fingerprint density at radius 3 is 1.97 bits per heavy atom. The fourth-order valence-corrected chi connectivity index (χ4v) is 5.69. The van der Waals surface area contributed by atoms with Gasteiger partial charge in [-0.2, -0.15) is 0 Å². The molecule has 5 unspecified atom stereocenters. The van der Waals surface area contributed by atoms with Crippen molar-refractivity contribution in [2.75, 3.05) is 6.61 Å². The molecule has 0 saturated carbocycles. The van der Waals surface area contributed by atoms with Gasteiger partial charge < -0.3 is 19.7 Å². The van der Waals surface area contributed by atoms with Crippen LogP contribution in [-0.2, 0) is 20.7 Å². The summed E-state index contributed by atoms with van der Waals surface area (Å²) < 4.78 is 12.1. The van der Waals surface area contributed by atoms with E-state index in [-0.39, 0.29) is 47.4 Å². The molecule has 2 aliphatic rings. The molecular formula is C30H32O5. The van der Waals surface area contributed by atoms with Gasteiger partial charge >= 0.3 is 5.97 Å². The van der Waals surface area contributed by atoms with Gasteiger partial charge in [-0.15, -0.1) is 0 Å². The zero-order valence-corrected chi connectivity index (χ0v) is 20.0. The van der Waals surface area contributed by atoms with Crippen molar-refractivity contribution >= 4 is 5.97 Å². The summed E-state index contributed by atoms with van der Waals surface area (Å²) in [5.74, 6) is 0.709. The molecule has 0 spiro atoms. The first kappa shape index (κ1) is 23.4. The van der Waals surface area contributed by atoms with Crippen molar-refractivity contribution < 1.29 is 24.5 Å². The molecule has 2 N–H and O–H groups in total. The maximum atomic E-state index is 12.1. The van der Waals surface area contributed by atoms with Crippen molar-refractivity contribution in [1.29, 1.82) is 0 Å². The predicted octanol–water partition coefficient (Wildman–Crippen LogP) is 6.22. The summed E-state index contributed by atoms with van der Waals surface area (Å²) in [6, 6.07) is 23.3. The third kappa shape index (κ3) is 5.06. The van der Waals surface area contributed by atoms with Gasteiger partial charge in [-0.3, -0.25) is 4.79 Å². The van der Waals surface area contributed by atoms with Crippen LogP contribution >= 0.6 is 0 Å². The minimum Gasteiger partial charge on any atom is -0.508 e. The normalized spacial score (nSPS) is 26.4. The Balaban J connectivity index is 1.57. The Hall–Kier alpha value is -3.31. The Bertz CT molecular complexity index is 1140. The lowest BCUT2D eigenvalue weighted by molar-refractivity contribution is -0.149. The molecule has 3 aromatic carbocycles. The topological polar surface area (TPSA) is 76.0 Å². The van der Waals surface area contributed by atoms with E-state index in [0.717, 1.165) is 36.0 Å². The van der Waals surface area contributed by atoms with Gasteiger partial charge in [-0.25, -0.2) is 0 Å². The first-order valence-electron chi connectivity index (χ1n) is 12.5. The maximum absolute atomic E-state index is 12.1. The monoisotopic (exact) mass is 472 g/mol. The van der Waals surface area contributed by atoms with E-state index in [4.69, 9.17) is 9.47 Å². The summed E-state index contributed by atoms with van der Waals surface area (Å²) in [5.41, 5.74) is 4.51. The number of ether oxygens (including phenoxy) is 2. The molecule has 2 saturated heterocycles. The number of hydrogen-bond acceptors (Lipinski definition) is 5. The van der Waals surface area contributed by atoms with E-state index in [0.29, 0.717) is 13.0 Å². The first-order valence-corrected chi connectivity index (χ1v) is 12.5. The van der Waals surface area contributed by atoms with Crippen LogP contribution in [0.2, 0.25) is 0 Å². The lowest BCUT2D eigenvalue weighted by atomic mass is 9.73. The minimum absolute atomic E-state index is 0.0222. The summed E-state index contributed by atoms with van der Waals surface area (Å²) in [6.07, 6.45) is 2.74. The van der Waals surface area contributed by atoms with Crippen LogP contribution in [-0.4, -0.2) is 22.8 Å². The van der Waals surface area contributed by atoms with Crippen LogP contribution in [0.5, 0.6) is 11.5 Å². The Kier molecular flexibility index (Phi) is 6.78. The lowest BCUT2D eigenvalue weighted by Gasteiger charge is -2.30. The Labute approximate surface area is 206 Å². The molecule has 5 heteroatoms. The summed E-state index contributed by atoms with van der Waals surface area (Å²) in [6.45, 7) is 2.62. The smallest absolute Gasteiger partial charge is 0.306 e. The lowest BCUT2D eigenvalue weighted by Crippen LogP contribution is -2.25. The van der Waals surface area contributed by atoms with Crippen molar-refractivity contribution in [1.82, 2.24) is 0 Å². The number of carbonyl (C=O) groups is 1. The summed E-state index contributed by atoms with van der Waals surface area (Å²) >= 11 is 0. The van der Waals surface area contributed by atoms with Crippen LogP contribution in [0.15, 0.2) is 72.8 Å². The molecule has 5 atom stereocenters. The SMILES string of the molecule is CCc1ccc(C2OC(c3ccc(O)cc3)C(c3ccc(O)cc3)C2CC2CCOC(=O)C2)cc1. The molecule has 0 bridgehead atoms. The molecule has 3 aromatic rings. The van der Waals surface area contributed by atoms with E-state index in [1.165, 1.54) is 5.56 Å². The second-order valence-corrected chi connectivity index (χ2v) is 9.76.